The monoisotopic (exact) mass is 192 g/mol. The summed E-state index contributed by atoms with van der Waals surface area (Å²) in [6.45, 7) is 4.16. The van der Waals surface area contributed by atoms with Crippen LogP contribution in [0.4, 0.5) is 0 Å². The number of amides is 1. The minimum Gasteiger partial charge on any atom is -0.325 e. The van der Waals surface area contributed by atoms with Crippen LogP contribution >= 0.6 is 23.2 Å². The van der Waals surface area contributed by atoms with E-state index >= 15 is 0 Å². The Kier molecular flexibility index (Phi) is 5.99. The van der Waals surface area contributed by atoms with E-state index in [0.29, 0.717) is 11.6 Å². The molecule has 0 aliphatic carbocycles. The van der Waals surface area contributed by atoms with Crippen LogP contribution in [0, 0.1) is 0 Å². The fraction of sp³-hybridized carbons (Fsp3) is 0.286. The molecule has 0 atom stereocenters. The van der Waals surface area contributed by atoms with Gasteiger partial charge in [0.2, 0.25) is 0 Å². The van der Waals surface area contributed by atoms with Crippen molar-refractivity contribution in [2.24, 2.45) is 0 Å². The Morgan fingerprint density at radius 3 is 2.73 bits per heavy atom. The topological polar surface area (TPSA) is 20.3 Å². The summed E-state index contributed by atoms with van der Waals surface area (Å²) in [5.74, 6) is 0. The van der Waals surface area contributed by atoms with E-state index in [0.717, 1.165) is 0 Å². The van der Waals surface area contributed by atoms with Crippen molar-refractivity contribution < 1.29 is 4.79 Å². The largest absolute Gasteiger partial charge is 0.325 e. The molecule has 0 rings (SSSR count). The minimum atomic E-state index is 0.278. The van der Waals surface area contributed by atoms with Crippen LogP contribution in [0.25, 0.3) is 0 Å². The Balaban J connectivity index is 3.86. The van der Waals surface area contributed by atoms with Crippen LogP contribution in [-0.2, 0) is 4.79 Å². The molecular formula is C7H8Cl2NO. The van der Waals surface area contributed by atoms with Gasteiger partial charge in [0, 0.05) is 17.1 Å². The van der Waals surface area contributed by atoms with Crippen LogP contribution in [0.1, 0.15) is 0 Å². The smallest absolute Gasteiger partial charge is 0.312 e. The zero-order valence-corrected chi connectivity index (χ0v) is 7.40. The third kappa shape index (κ3) is 4.87. The van der Waals surface area contributed by atoms with Crippen molar-refractivity contribution in [1.82, 2.24) is 4.90 Å². The molecule has 1 amide bonds. The van der Waals surface area contributed by atoms with Crippen LogP contribution < -0.4 is 0 Å². The number of halogens is 2. The lowest BCUT2D eigenvalue weighted by Gasteiger charge is -2.11. The van der Waals surface area contributed by atoms with Gasteiger partial charge < -0.3 is 4.90 Å². The third-order valence-electron chi connectivity index (χ3n) is 0.939. The summed E-state index contributed by atoms with van der Waals surface area (Å²) in [5.41, 5.74) is 1.22. The van der Waals surface area contributed by atoms with Crippen molar-refractivity contribution in [3.8, 4) is 0 Å². The van der Waals surface area contributed by atoms with Crippen molar-refractivity contribution in [2.45, 2.75) is 0 Å². The molecule has 0 aromatic rings. The highest BCUT2D eigenvalue weighted by atomic mass is 35.5. The van der Waals surface area contributed by atoms with Crippen molar-refractivity contribution in [2.75, 3.05) is 13.1 Å². The fourth-order valence-corrected chi connectivity index (χ4v) is 0.720. The first-order valence-corrected chi connectivity index (χ1v) is 3.74. The van der Waals surface area contributed by atoms with E-state index in [1.807, 2.05) is 0 Å². The van der Waals surface area contributed by atoms with Gasteiger partial charge in [0.15, 0.2) is 0 Å². The standard InChI is InChI=1S/C7H8Cl2NO/c1-2-3-10(6-11)5-7(9)4-8/h2,4H,1,3,5H2. The molecule has 61 valence electrons. The maximum atomic E-state index is 10.2. The van der Waals surface area contributed by atoms with Gasteiger partial charge in [0.1, 0.15) is 0 Å². The van der Waals surface area contributed by atoms with E-state index in [4.69, 9.17) is 23.2 Å². The molecule has 0 N–H and O–H groups in total. The Hall–Kier alpha value is -0.470. The Morgan fingerprint density at radius 1 is 1.73 bits per heavy atom. The summed E-state index contributed by atoms with van der Waals surface area (Å²) >= 11 is 10.8. The molecule has 0 saturated carbocycles. The normalized spacial score (nSPS) is 10.9. The first-order valence-electron chi connectivity index (χ1n) is 2.93. The van der Waals surface area contributed by atoms with Gasteiger partial charge in [-0.25, -0.2) is 0 Å². The minimum absolute atomic E-state index is 0.278. The summed E-state index contributed by atoms with van der Waals surface area (Å²) in [6, 6.07) is 0. The Labute approximate surface area is 76.1 Å². The molecule has 0 aliphatic rings. The number of hydrogen-bond donors (Lipinski definition) is 0. The second kappa shape index (κ2) is 6.25. The van der Waals surface area contributed by atoms with E-state index in [-0.39, 0.29) is 6.54 Å². The zero-order chi connectivity index (χ0) is 8.69. The predicted octanol–water partition coefficient (Wildman–Crippen LogP) is 1.86. The van der Waals surface area contributed by atoms with Gasteiger partial charge in [-0.1, -0.05) is 29.3 Å². The Morgan fingerprint density at radius 2 is 2.36 bits per heavy atom. The van der Waals surface area contributed by atoms with Crippen LogP contribution in [0.5, 0.6) is 0 Å². The molecule has 0 saturated heterocycles. The van der Waals surface area contributed by atoms with Gasteiger partial charge >= 0.3 is 6.41 Å². The highest BCUT2D eigenvalue weighted by Gasteiger charge is 2.01. The molecule has 0 aromatic heterocycles. The van der Waals surface area contributed by atoms with Crippen LogP contribution in [0.3, 0.4) is 0 Å². The molecule has 2 nitrogen and oxygen atoms in total. The second-order valence-electron chi connectivity index (χ2n) is 1.82. The number of hydrogen-bond acceptors (Lipinski definition) is 1. The van der Waals surface area contributed by atoms with E-state index < -0.39 is 0 Å². The maximum Gasteiger partial charge on any atom is 0.312 e. The van der Waals surface area contributed by atoms with Crippen LogP contribution in [0.15, 0.2) is 23.2 Å². The molecule has 0 fully saturated rings. The molecule has 11 heavy (non-hydrogen) atoms. The molecule has 0 heterocycles. The molecule has 0 bridgehead atoms. The van der Waals surface area contributed by atoms with Crippen molar-refractivity contribution >= 4 is 29.6 Å². The number of rotatable bonds is 5. The van der Waals surface area contributed by atoms with E-state index in [9.17, 15) is 4.79 Å². The zero-order valence-electron chi connectivity index (χ0n) is 5.89. The first kappa shape index (κ1) is 10.5. The van der Waals surface area contributed by atoms with Gasteiger partial charge in [0.05, 0.1) is 6.54 Å². The number of carbonyl (C=O) groups excluding carboxylic acids is 1. The summed E-state index contributed by atoms with van der Waals surface area (Å²) < 4.78 is 0. The van der Waals surface area contributed by atoms with Gasteiger partial charge in [-0.05, 0) is 0 Å². The van der Waals surface area contributed by atoms with E-state index in [1.54, 1.807) is 12.5 Å². The lowest BCUT2D eigenvalue weighted by molar-refractivity contribution is 0.435. The highest BCUT2D eigenvalue weighted by Crippen LogP contribution is 2.04. The molecule has 0 aromatic carbocycles. The maximum absolute atomic E-state index is 10.2. The molecule has 4 heteroatoms. The quantitative estimate of drug-likeness (QED) is 0.482. The van der Waals surface area contributed by atoms with Gasteiger partial charge in [-0.3, -0.25) is 4.79 Å². The summed E-state index contributed by atoms with van der Waals surface area (Å²) in [7, 11) is 0. The molecule has 0 unspecified atom stereocenters. The molecular weight excluding hydrogens is 185 g/mol. The van der Waals surface area contributed by atoms with Gasteiger partial charge in [0.25, 0.3) is 0 Å². The SMILES string of the molecule is C=CCN([C]=O)CC(Cl)=CCl. The lowest BCUT2D eigenvalue weighted by atomic mass is 10.5. The van der Waals surface area contributed by atoms with Gasteiger partial charge in [-0.2, -0.15) is 0 Å². The summed E-state index contributed by atoms with van der Waals surface area (Å²) in [6.07, 6.45) is 3.28. The number of nitrogens with zero attached hydrogens (tertiary/aromatic N) is 1. The molecule has 0 spiro atoms. The van der Waals surface area contributed by atoms with Crippen molar-refractivity contribution in [3.05, 3.63) is 23.2 Å². The fourth-order valence-electron chi connectivity index (χ4n) is 0.507. The predicted molar refractivity (Wildman–Crippen MR) is 47.3 cm³/mol. The molecule has 1 radical (unpaired) electrons. The second-order valence-corrected chi connectivity index (χ2v) is 2.52. The molecule has 0 aliphatic heterocycles. The summed E-state index contributed by atoms with van der Waals surface area (Å²) in [5, 5.41) is 0.400. The van der Waals surface area contributed by atoms with Crippen molar-refractivity contribution in [3.63, 3.8) is 0 Å². The lowest BCUT2D eigenvalue weighted by Crippen LogP contribution is -2.23. The van der Waals surface area contributed by atoms with Crippen molar-refractivity contribution in [1.29, 1.82) is 0 Å². The third-order valence-corrected chi connectivity index (χ3v) is 1.54. The van der Waals surface area contributed by atoms with Crippen LogP contribution in [-0.4, -0.2) is 24.4 Å². The average molecular weight is 193 g/mol. The van der Waals surface area contributed by atoms with E-state index in [1.165, 1.54) is 10.4 Å². The van der Waals surface area contributed by atoms with Crippen LogP contribution in [0.2, 0.25) is 0 Å². The van der Waals surface area contributed by atoms with E-state index in [2.05, 4.69) is 6.58 Å². The first-order chi connectivity index (χ1) is 5.24. The highest BCUT2D eigenvalue weighted by molar-refractivity contribution is 6.36. The Bertz CT molecular complexity index is 168. The summed E-state index contributed by atoms with van der Waals surface area (Å²) in [4.78, 5) is 11.5. The van der Waals surface area contributed by atoms with Gasteiger partial charge in [-0.15, -0.1) is 6.58 Å². The average Bonchev–Trinajstić information content (AvgIpc) is 2.03.